The molecule has 0 bridgehead atoms. The van der Waals surface area contributed by atoms with Gasteiger partial charge in [-0.15, -0.1) is 11.3 Å². The highest BCUT2D eigenvalue weighted by atomic mass is 32.1. The standard InChI is InChI=1S/C25H31F3O4S/c1-14-9-16(10-15(2)21(14)32-13-17(30)12-29)5-6-20(31)22-18-7-8-24(3,4)11-19(18)23(33-22)25(26,27)28/h9-10,17,29-30H,5-8,11-13H2,1-4H3. The summed E-state index contributed by atoms with van der Waals surface area (Å²) in [7, 11) is 0. The third kappa shape index (κ3) is 5.97. The van der Waals surface area contributed by atoms with Gasteiger partial charge in [0, 0.05) is 6.42 Å². The lowest BCUT2D eigenvalue weighted by Crippen LogP contribution is -2.24. The fraction of sp³-hybridized carbons (Fsp3) is 0.560. The monoisotopic (exact) mass is 484 g/mol. The van der Waals surface area contributed by atoms with Crippen LogP contribution in [-0.2, 0) is 25.4 Å². The molecular formula is C25H31F3O4S. The Morgan fingerprint density at radius 1 is 1.21 bits per heavy atom. The Kier molecular flexibility index (Phi) is 7.61. The van der Waals surface area contributed by atoms with Gasteiger partial charge in [0.15, 0.2) is 5.78 Å². The van der Waals surface area contributed by atoms with Crippen molar-refractivity contribution in [1.29, 1.82) is 0 Å². The fourth-order valence-electron chi connectivity index (χ4n) is 4.45. The minimum Gasteiger partial charge on any atom is -0.490 e. The Bertz CT molecular complexity index is 1000. The van der Waals surface area contributed by atoms with Gasteiger partial charge >= 0.3 is 6.18 Å². The first-order valence-electron chi connectivity index (χ1n) is 11.1. The number of alkyl halides is 3. The van der Waals surface area contributed by atoms with E-state index >= 15 is 0 Å². The number of aliphatic hydroxyl groups is 2. The second-order valence-corrected chi connectivity index (χ2v) is 10.7. The highest BCUT2D eigenvalue weighted by Gasteiger charge is 2.42. The van der Waals surface area contributed by atoms with Crippen LogP contribution >= 0.6 is 11.3 Å². The molecule has 2 N–H and O–H groups in total. The molecule has 3 rings (SSSR count). The molecule has 0 saturated carbocycles. The first-order chi connectivity index (χ1) is 15.3. The van der Waals surface area contributed by atoms with Gasteiger partial charge in [0.1, 0.15) is 23.3 Å². The van der Waals surface area contributed by atoms with Crippen LogP contribution in [0.15, 0.2) is 12.1 Å². The summed E-state index contributed by atoms with van der Waals surface area (Å²) in [6, 6.07) is 3.77. The molecule has 4 nitrogen and oxygen atoms in total. The molecule has 1 aliphatic carbocycles. The lowest BCUT2D eigenvalue weighted by atomic mass is 9.74. The summed E-state index contributed by atoms with van der Waals surface area (Å²) in [5.74, 6) is 0.371. The van der Waals surface area contributed by atoms with Crippen molar-refractivity contribution in [2.45, 2.75) is 72.1 Å². The minimum atomic E-state index is -4.45. The molecule has 1 aliphatic rings. The maximum Gasteiger partial charge on any atom is 0.425 e. The number of rotatable bonds is 8. The number of thiophene rings is 1. The second kappa shape index (κ2) is 9.76. The number of ether oxygens (including phenoxy) is 1. The third-order valence-electron chi connectivity index (χ3n) is 6.13. The Labute approximate surface area is 196 Å². The van der Waals surface area contributed by atoms with Crippen molar-refractivity contribution >= 4 is 17.1 Å². The molecule has 0 amide bonds. The van der Waals surface area contributed by atoms with Crippen LogP contribution in [0.3, 0.4) is 0 Å². The van der Waals surface area contributed by atoms with Gasteiger partial charge in [-0.25, -0.2) is 0 Å². The number of Topliss-reactive ketones (excluding diaryl/α,β-unsaturated/α-hetero) is 1. The summed E-state index contributed by atoms with van der Waals surface area (Å²) in [5, 5.41) is 18.4. The number of carbonyl (C=O) groups is 1. The quantitative estimate of drug-likeness (QED) is 0.489. The van der Waals surface area contributed by atoms with E-state index in [9.17, 15) is 23.1 Å². The lowest BCUT2D eigenvalue weighted by molar-refractivity contribution is -0.135. The molecular weight excluding hydrogens is 453 g/mol. The van der Waals surface area contributed by atoms with E-state index in [0.717, 1.165) is 23.1 Å². The van der Waals surface area contributed by atoms with E-state index < -0.39 is 23.8 Å². The summed E-state index contributed by atoms with van der Waals surface area (Å²) < 4.78 is 46.6. The number of halogens is 3. The minimum absolute atomic E-state index is 0.0299. The fourth-order valence-corrected chi connectivity index (χ4v) is 5.65. The van der Waals surface area contributed by atoms with Gasteiger partial charge in [-0.2, -0.15) is 13.2 Å². The number of hydrogen-bond acceptors (Lipinski definition) is 5. The van der Waals surface area contributed by atoms with Crippen LogP contribution in [-0.4, -0.2) is 35.3 Å². The van der Waals surface area contributed by atoms with Gasteiger partial charge in [0.2, 0.25) is 0 Å². The summed E-state index contributed by atoms with van der Waals surface area (Å²) >= 11 is 0.608. The van der Waals surface area contributed by atoms with Crippen molar-refractivity contribution in [3.05, 3.63) is 49.7 Å². The Balaban J connectivity index is 1.77. The van der Waals surface area contributed by atoms with Gasteiger partial charge in [-0.05, 0) is 72.8 Å². The maximum atomic E-state index is 13.7. The normalized spacial score (nSPS) is 16.4. The molecule has 182 valence electrons. The molecule has 1 heterocycles. The topological polar surface area (TPSA) is 66.8 Å². The van der Waals surface area contributed by atoms with Crippen molar-refractivity contribution < 1.29 is 32.9 Å². The van der Waals surface area contributed by atoms with E-state index in [1.54, 1.807) is 0 Å². The van der Waals surface area contributed by atoms with Crippen molar-refractivity contribution in [3.8, 4) is 5.75 Å². The van der Waals surface area contributed by atoms with E-state index in [1.165, 1.54) is 0 Å². The number of fused-ring (bicyclic) bond motifs is 1. The van der Waals surface area contributed by atoms with Crippen LogP contribution in [0.4, 0.5) is 13.2 Å². The second-order valence-electron chi connectivity index (χ2n) is 9.69. The smallest absolute Gasteiger partial charge is 0.425 e. The van der Waals surface area contributed by atoms with Crippen LogP contribution in [0.2, 0.25) is 0 Å². The summed E-state index contributed by atoms with van der Waals surface area (Å²) in [6.45, 7) is 7.23. The molecule has 0 aliphatic heterocycles. The zero-order chi connectivity index (χ0) is 24.6. The molecule has 0 radical (unpaired) electrons. The number of ketones is 1. The highest BCUT2D eigenvalue weighted by molar-refractivity contribution is 7.14. The van der Waals surface area contributed by atoms with E-state index in [1.807, 2.05) is 39.8 Å². The summed E-state index contributed by atoms with van der Waals surface area (Å²) in [6.07, 6.45) is -3.26. The predicted molar refractivity (Wildman–Crippen MR) is 122 cm³/mol. The zero-order valence-corrected chi connectivity index (χ0v) is 20.3. The number of aryl methyl sites for hydroxylation is 3. The first kappa shape index (κ1) is 25.7. The molecule has 1 unspecified atom stereocenters. The van der Waals surface area contributed by atoms with E-state index in [0.29, 0.717) is 47.5 Å². The number of aliphatic hydroxyl groups excluding tert-OH is 2. The predicted octanol–water partition coefficient (Wildman–Crippen LogP) is 5.45. The molecule has 2 aromatic rings. The lowest BCUT2D eigenvalue weighted by Gasteiger charge is -2.30. The number of benzene rings is 1. The highest BCUT2D eigenvalue weighted by Crippen LogP contribution is 2.47. The van der Waals surface area contributed by atoms with Gasteiger partial charge in [-0.1, -0.05) is 26.0 Å². The molecule has 1 atom stereocenters. The van der Waals surface area contributed by atoms with Crippen LogP contribution in [0, 0.1) is 19.3 Å². The van der Waals surface area contributed by atoms with Crippen molar-refractivity contribution in [1.82, 2.24) is 0 Å². The molecule has 0 fully saturated rings. The molecule has 0 saturated heterocycles. The molecule has 33 heavy (non-hydrogen) atoms. The Morgan fingerprint density at radius 3 is 2.42 bits per heavy atom. The Morgan fingerprint density at radius 2 is 1.85 bits per heavy atom. The molecule has 1 aromatic heterocycles. The van der Waals surface area contributed by atoms with E-state index in [4.69, 9.17) is 9.84 Å². The largest absolute Gasteiger partial charge is 0.490 e. The van der Waals surface area contributed by atoms with Crippen molar-refractivity contribution in [2.75, 3.05) is 13.2 Å². The van der Waals surface area contributed by atoms with Crippen molar-refractivity contribution in [2.24, 2.45) is 5.41 Å². The molecule has 0 spiro atoms. The summed E-state index contributed by atoms with van der Waals surface area (Å²) in [5.41, 5.74) is 3.26. The molecule has 1 aromatic carbocycles. The first-order valence-corrected chi connectivity index (χ1v) is 11.9. The van der Waals surface area contributed by atoms with Gasteiger partial charge in [-0.3, -0.25) is 4.79 Å². The SMILES string of the molecule is Cc1cc(CCC(=O)c2sc(C(F)(F)F)c3c2CCC(C)(C)C3)cc(C)c1OCC(O)CO. The van der Waals surface area contributed by atoms with Crippen molar-refractivity contribution in [3.63, 3.8) is 0 Å². The zero-order valence-electron chi connectivity index (χ0n) is 19.4. The van der Waals surface area contributed by atoms with Crippen LogP contribution in [0.1, 0.15) is 69.1 Å². The Hall–Kier alpha value is -1.90. The van der Waals surface area contributed by atoms with Crippen LogP contribution in [0.25, 0.3) is 0 Å². The van der Waals surface area contributed by atoms with Crippen LogP contribution < -0.4 is 4.74 Å². The van der Waals surface area contributed by atoms with E-state index in [-0.39, 0.29) is 29.1 Å². The number of hydrogen-bond donors (Lipinski definition) is 2. The van der Waals surface area contributed by atoms with Gasteiger partial charge in [0.05, 0.1) is 11.5 Å². The van der Waals surface area contributed by atoms with Gasteiger partial charge < -0.3 is 14.9 Å². The maximum absolute atomic E-state index is 13.7. The average Bonchev–Trinajstić information content (AvgIpc) is 3.09. The van der Waals surface area contributed by atoms with Crippen LogP contribution in [0.5, 0.6) is 5.75 Å². The number of carbonyl (C=O) groups excluding carboxylic acids is 1. The molecule has 8 heteroatoms. The average molecular weight is 485 g/mol. The third-order valence-corrected chi connectivity index (χ3v) is 7.49. The summed E-state index contributed by atoms with van der Waals surface area (Å²) in [4.78, 5) is 12.7. The van der Waals surface area contributed by atoms with Gasteiger partial charge in [0.25, 0.3) is 0 Å². The van der Waals surface area contributed by atoms with E-state index in [2.05, 4.69) is 0 Å².